The first-order valence-corrected chi connectivity index (χ1v) is 9.82. The number of nitrogens with one attached hydrogen (secondary N) is 1. The Bertz CT molecular complexity index is 1150. The number of nitrogens with zero attached hydrogens (tertiary/aromatic N) is 3. The number of pyridine rings is 1. The maximum absolute atomic E-state index is 12.2. The molecule has 2 heterocycles. The zero-order valence-electron chi connectivity index (χ0n) is 16.7. The number of carbonyl (C=O) groups excluding carboxylic acids is 1. The van der Waals surface area contributed by atoms with Gasteiger partial charge in [0, 0.05) is 24.8 Å². The van der Waals surface area contributed by atoms with Gasteiger partial charge in [-0.05, 0) is 55.7 Å². The van der Waals surface area contributed by atoms with Crippen LogP contribution in [0, 0.1) is 13.8 Å². The molecule has 1 amide bonds. The summed E-state index contributed by atoms with van der Waals surface area (Å²) in [6.07, 6.45) is 2.96. The van der Waals surface area contributed by atoms with Gasteiger partial charge in [-0.3, -0.25) is 9.36 Å². The number of imidazole rings is 1. The molecule has 2 aromatic heterocycles. The minimum absolute atomic E-state index is 0.0660. The Kier molecular flexibility index (Phi) is 5.38. The van der Waals surface area contributed by atoms with Crippen LogP contribution in [0.4, 0.5) is 0 Å². The summed E-state index contributed by atoms with van der Waals surface area (Å²) in [4.78, 5) is 21.2. The highest BCUT2D eigenvalue weighted by Crippen LogP contribution is 2.20. The second-order valence-electron chi connectivity index (χ2n) is 7.27. The maximum atomic E-state index is 12.2. The van der Waals surface area contributed by atoms with Crippen molar-refractivity contribution in [2.45, 2.75) is 33.2 Å². The minimum Gasteiger partial charge on any atom is -0.352 e. The number of amides is 1. The Balaban J connectivity index is 1.37. The van der Waals surface area contributed by atoms with Gasteiger partial charge in [-0.15, -0.1) is 0 Å². The van der Waals surface area contributed by atoms with Crippen LogP contribution in [0.25, 0.3) is 16.9 Å². The molecule has 146 valence electrons. The van der Waals surface area contributed by atoms with Crippen LogP contribution >= 0.6 is 0 Å². The number of aryl methyl sites for hydroxylation is 3. The number of carbonyl (C=O) groups is 1. The summed E-state index contributed by atoms with van der Waals surface area (Å²) in [5.74, 6) is 0.971. The lowest BCUT2D eigenvalue weighted by atomic mass is 10.1. The highest BCUT2D eigenvalue weighted by Gasteiger charge is 2.10. The maximum Gasteiger partial charge on any atom is 0.220 e. The molecule has 5 heteroatoms. The van der Waals surface area contributed by atoms with E-state index in [1.54, 1.807) is 6.20 Å². The molecular weight excluding hydrogens is 360 g/mol. The third-order valence-corrected chi connectivity index (χ3v) is 4.99. The zero-order valence-corrected chi connectivity index (χ0v) is 16.7. The van der Waals surface area contributed by atoms with Crippen molar-refractivity contribution in [2.75, 3.05) is 0 Å². The second kappa shape index (κ2) is 8.27. The predicted octanol–water partition coefficient (Wildman–Crippen LogP) is 4.29. The van der Waals surface area contributed by atoms with Crippen molar-refractivity contribution in [1.29, 1.82) is 0 Å². The molecule has 0 saturated carbocycles. The summed E-state index contributed by atoms with van der Waals surface area (Å²) < 4.78 is 2.05. The summed E-state index contributed by atoms with van der Waals surface area (Å²) in [7, 11) is 0. The van der Waals surface area contributed by atoms with Crippen LogP contribution in [0.1, 0.15) is 28.9 Å². The predicted molar refractivity (Wildman–Crippen MR) is 115 cm³/mol. The molecule has 0 bridgehead atoms. The smallest absolute Gasteiger partial charge is 0.220 e. The quantitative estimate of drug-likeness (QED) is 0.540. The van der Waals surface area contributed by atoms with Crippen molar-refractivity contribution >= 4 is 17.1 Å². The van der Waals surface area contributed by atoms with Gasteiger partial charge in [0.15, 0.2) is 5.65 Å². The van der Waals surface area contributed by atoms with Crippen molar-refractivity contribution in [1.82, 2.24) is 19.9 Å². The molecule has 4 rings (SSSR count). The standard InChI is InChI=1S/C24H24N4O/c1-17-5-3-6-20(15-17)16-26-23(29)13-10-19-8-11-21(12-9-19)28-18(2)27-22-7-4-14-25-24(22)28/h3-9,11-12,14-15H,10,13,16H2,1-2H3,(H,26,29). The molecule has 2 aromatic carbocycles. The van der Waals surface area contributed by atoms with Crippen LogP contribution in [-0.2, 0) is 17.8 Å². The summed E-state index contributed by atoms with van der Waals surface area (Å²) >= 11 is 0. The normalized spacial score (nSPS) is 11.0. The first kappa shape index (κ1) is 18.9. The number of benzene rings is 2. The lowest BCUT2D eigenvalue weighted by molar-refractivity contribution is -0.121. The van der Waals surface area contributed by atoms with Crippen molar-refractivity contribution < 1.29 is 4.79 Å². The second-order valence-corrected chi connectivity index (χ2v) is 7.27. The van der Waals surface area contributed by atoms with E-state index in [-0.39, 0.29) is 5.91 Å². The van der Waals surface area contributed by atoms with Crippen LogP contribution in [0.5, 0.6) is 0 Å². The third kappa shape index (κ3) is 4.35. The molecule has 0 atom stereocenters. The summed E-state index contributed by atoms with van der Waals surface area (Å²) in [5.41, 5.74) is 6.23. The molecule has 5 nitrogen and oxygen atoms in total. The molecule has 1 N–H and O–H groups in total. The SMILES string of the molecule is Cc1cccc(CNC(=O)CCc2ccc(-n3c(C)nc4cccnc43)cc2)c1. The number of hydrogen-bond acceptors (Lipinski definition) is 3. The van der Waals surface area contributed by atoms with Crippen molar-refractivity contribution in [3.05, 3.63) is 89.4 Å². The molecule has 0 aliphatic carbocycles. The molecule has 0 aliphatic rings. The van der Waals surface area contributed by atoms with E-state index in [4.69, 9.17) is 0 Å². The lowest BCUT2D eigenvalue weighted by Crippen LogP contribution is -2.23. The van der Waals surface area contributed by atoms with Gasteiger partial charge in [-0.25, -0.2) is 9.97 Å². The van der Waals surface area contributed by atoms with Gasteiger partial charge in [0.25, 0.3) is 0 Å². The summed E-state index contributed by atoms with van der Waals surface area (Å²) in [6, 6.07) is 20.3. The fourth-order valence-electron chi connectivity index (χ4n) is 3.52. The monoisotopic (exact) mass is 384 g/mol. The number of aromatic nitrogens is 3. The first-order chi connectivity index (χ1) is 14.1. The van der Waals surface area contributed by atoms with Gasteiger partial charge in [0.2, 0.25) is 5.91 Å². The van der Waals surface area contributed by atoms with Crippen molar-refractivity contribution in [3.63, 3.8) is 0 Å². The third-order valence-electron chi connectivity index (χ3n) is 4.99. The number of rotatable bonds is 6. The van der Waals surface area contributed by atoms with Crippen LogP contribution in [0.3, 0.4) is 0 Å². The van der Waals surface area contributed by atoms with Gasteiger partial charge in [-0.1, -0.05) is 42.0 Å². The Morgan fingerprint density at radius 2 is 1.83 bits per heavy atom. The van der Waals surface area contributed by atoms with Gasteiger partial charge in [0.1, 0.15) is 11.3 Å². The summed E-state index contributed by atoms with van der Waals surface area (Å²) in [5, 5.41) is 3.00. The Morgan fingerprint density at radius 3 is 2.62 bits per heavy atom. The van der Waals surface area contributed by atoms with E-state index < -0.39 is 0 Å². The zero-order chi connectivity index (χ0) is 20.2. The molecule has 0 fully saturated rings. The molecule has 0 unspecified atom stereocenters. The fraction of sp³-hybridized carbons (Fsp3) is 0.208. The molecule has 0 radical (unpaired) electrons. The molecule has 0 saturated heterocycles. The van der Waals surface area contributed by atoms with Crippen LogP contribution in [0.2, 0.25) is 0 Å². The van der Waals surface area contributed by atoms with Crippen molar-refractivity contribution in [2.24, 2.45) is 0 Å². The van der Waals surface area contributed by atoms with Gasteiger partial charge in [-0.2, -0.15) is 0 Å². The Hall–Kier alpha value is -3.47. The average Bonchev–Trinajstić information content (AvgIpc) is 3.07. The van der Waals surface area contributed by atoms with E-state index in [0.717, 1.165) is 33.8 Å². The highest BCUT2D eigenvalue weighted by atomic mass is 16.1. The first-order valence-electron chi connectivity index (χ1n) is 9.82. The summed E-state index contributed by atoms with van der Waals surface area (Å²) in [6.45, 7) is 4.60. The lowest BCUT2D eigenvalue weighted by Gasteiger charge is -2.09. The molecule has 29 heavy (non-hydrogen) atoms. The Morgan fingerprint density at radius 1 is 1.00 bits per heavy atom. The molecular formula is C24H24N4O. The van der Waals surface area contributed by atoms with E-state index in [9.17, 15) is 4.79 Å². The molecule has 0 spiro atoms. The van der Waals surface area contributed by atoms with Crippen LogP contribution in [0.15, 0.2) is 66.9 Å². The molecule has 4 aromatic rings. The van der Waals surface area contributed by atoms with E-state index in [1.807, 2.05) is 35.8 Å². The van der Waals surface area contributed by atoms with Crippen LogP contribution in [-0.4, -0.2) is 20.4 Å². The van der Waals surface area contributed by atoms with Gasteiger partial charge in [0.05, 0.1) is 0 Å². The molecule has 0 aliphatic heterocycles. The number of hydrogen-bond donors (Lipinski definition) is 1. The Labute approximate surface area is 170 Å². The van der Waals surface area contributed by atoms with E-state index in [2.05, 4.69) is 58.6 Å². The number of fused-ring (bicyclic) bond motifs is 1. The van der Waals surface area contributed by atoms with E-state index in [1.165, 1.54) is 5.56 Å². The largest absolute Gasteiger partial charge is 0.352 e. The highest BCUT2D eigenvalue weighted by molar-refractivity contribution is 5.76. The van der Waals surface area contributed by atoms with E-state index >= 15 is 0 Å². The van der Waals surface area contributed by atoms with Gasteiger partial charge >= 0.3 is 0 Å². The van der Waals surface area contributed by atoms with Crippen molar-refractivity contribution in [3.8, 4) is 5.69 Å². The van der Waals surface area contributed by atoms with E-state index in [0.29, 0.717) is 19.4 Å². The topological polar surface area (TPSA) is 59.8 Å². The van der Waals surface area contributed by atoms with Crippen LogP contribution < -0.4 is 5.32 Å². The fourth-order valence-corrected chi connectivity index (χ4v) is 3.52. The average molecular weight is 384 g/mol. The minimum atomic E-state index is 0.0660. The van der Waals surface area contributed by atoms with Gasteiger partial charge < -0.3 is 5.32 Å².